The predicted octanol–water partition coefficient (Wildman–Crippen LogP) is 7.04. The van der Waals surface area contributed by atoms with Crippen LogP contribution in [0.3, 0.4) is 0 Å². The molecule has 1 unspecified atom stereocenters. The molecule has 1 rings (SSSR count). The first-order valence-corrected chi connectivity index (χ1v) is 8.43. The summed E-state index contributed by atoms with van der Waals surface area (Å²) in [5.74, 6) is -0.207. The van der Waals surface area contributed by atoms with E-state index in [0.29, 0.717) is 15.1 Å². The van der Waals surface area contributed by atoms with E-state index in [-0.39, 0.29) is 10.6 Å². The van der Waals surface area contributed by atoms with Crippen LogP contribution >= 0.6 is 43.5 Å². The molecule has 1 atom stereocenters. The Bertz CT molecular complexity index is 382. The van der Waals surface area contributed by atoms with E-state index in [4.69, 9.17) is 11.6 Å². The molecule has 0 aromatic heterocycles. The lowest BCUT2D eigenvalue weighted by Crippen LogP contribution is -1.95. The van der Waals surface area contributed by atoms with Gasteiger partial charge in [0.2, 0.25) is 0 Å². The smallest absolute Gasteiger partial charge is 0.128 e. The van der Waals surface area contributed by atoms with Gasteiger partial charge in [0.15, 0.2) is 0 Å². The van der Waals surface area contributed by atoms with Gasteiger partial charge in [0.05, 0.1) is 5.02 Å². The maximum Gasteiger partial charge on any atom is 0.128 e. The van der Waals surface area contributed by atoms with Crippen molar-refractivity contribution in [2.45, 2.75) is 50.3 Å². The molecule has 0 fully saturated rings. The van der Waals surface area contributed by atoms with Crippen molar-refractivity contribution >= 4 is 43.5 Å². The van der Waals surface area contributed by atoms with Crippen LogP contribution in [0.4, 0.5) is 4.39 Å². The van der Waals surface area contributed by atoms with Gasteiger partial charge in [-0.3, -0.25) is 0 Å². The number of benzene rings is 1. The van der Waals surface area contributed by atoms with Gasteiger partial charge in [0, 0.05) is 14.9 Å². The minimum atomic E-state index is -0.207. The SMILES string of the molecule is CCCCCCCC(Br)c1cc(Cl)c(Br)cc1F. The molecule has 0 saturated carbocycles. The highest BCUT2D eigenvalue weighted by Gasteiger charge is 2.14. The molecule has 0 heterocycles. The van der Waals surface area contributed by atoms with Gasteiger partial charge in [-0.2, -0.15) is 0 Å². The molecule has 0 amide bonds. The highest BCUT2D eigenvalue weighted by Crippen LogP contribution is 2.35. The fraction of sp³-hybridized carbons (Fsp3) is 0.571. The molecule has 4 heteroatoms. The monoisotopic (exact) mass is 398 g/mol. The molecule has 102 valence electrons. The summed E-state index contributed by atoms with van der Waals surface area (Å²) < 4.78 is 14.4. The van der Waals surface area contributed by atoms with E-state index in [0.717, 1.165) is 12.8 Å². The third-order valence-electron chi connectivity index (χ3n) is 2.94. The molecule has 0 aliphatic rings. The molecule has 1 aromatic carbocycles. The topological polar surface area (TPSA) is 0 Å². The maximum atomic E-state index is 13.8. The minimum Gasteiger partial charge on any atom is -0.207 e. The van der Waals surface area contributed by atoms with Crippen LogP contribution in [0.2, 0.25) is 5.02 Å². The molecule has 0 bridgehead atoms. The zero-order valence-electron chi connectivity index (χ0n) is 10.5. The van der Waals surface area contributed by atoms with Gasteiger partial charge in [0.1, 0.15) is 5.82 Å². The Balaban J connectivity index is 2.51. The molecular formula is C14H18Br2ClF. The van der Waals surface area contributed by atoms with Crippen LogP contribution in [0.25, 0.3) is 0 Å². The average molecular weight is 401 g/mol. The van der Waals surface area contributed by atoms with Crippen molar-refractivity contribution in [2.24, 2.45) is 0 Å². The van der Waals surface area contributed by atoms with Crippen molar-refractivity contribution in [3.8, 4) is 0 Å². The van der Waals surface area contributed by atoms with Gasteiger partial charge < -0.3 is 0 Å². The average Bonchev–Trinajstić information content (AvgIpc) is 2.33. The second kappa shape index (κ2) is 8.55. The molecule has 0 aliphatic carbocycles. The molecule has 0 aliphatic heterocycles. The first kappa shape index (κ1) is 16.5. The summed E-state index contributed by atoms with van der Waals surface area (Å²) in [6, 6.07) is 3.13. The molecule has 0 N–H and O–H groups in total. The van der Waals surface area contributed by atoms with Crippen LogP contribution in [0.15, 0.2) is 16.6 Å². The summed E-state index contributed by atoms with van der Waals surface area (Å²) in [7, 11) is 0. The lowest BCUT2D eigenvalue weighted by molar-refractivity contribution is 0.578. The van der Waals surface area contributed by atoms with Gasteiger partial charge in [-0.1, -0.05) is 66.6 Å². The Morgan fingerprint density at radius 1 is 1.22 bits per heavy atom. The van der Waals surface area contributed by atoms with Gasteiger partial charge in [-0.15, -0.1) is 0 Å². The van der Waals surface area contributed by atoms with Crippen molar-refractivity contribution in [3.05, 3.63) is 33.0 Å². The Labute approximate surface area is 131 Å². The predicted molar refractivity (Wildman–Crippen MR) is 84.2 cm³/mol. The second-order valence-corrected chi connectivity index (χ2v) is 6.83. The van der Waals surface area contributed by atoms with E-state index in [2.05, 4.69) is 38.8 Å². The Hall–Kier alpha value is 0.400. The Morgan fingerprint density at radius 3 is 2.56 bits per heavy atom. The normalized spacial score (nSPS) is 12.7. The number of unbranched alkanes of at least 4 members (excludes halogenated alkanes) is 4. The van der Waals surface area contributed by atoms with Crippen LogP contribution < -0.4 is 0 Å². The molecule has 18 heavy (non-hydrogen) atoms. The summed E-state index contributed by atoms with van der Waals surface area (Å²) in [4.78, 5) is 0.0460. The molecule has 0 nitrogen and oxygen atoms in total. The quantitative estimate of drug-likeness (QED) is 0.262. The van der Waals surface area contributed by atoms with Crippen LogP contribution in [-0.2, 0) is 0 Å². The second-order valence-electron chi connectivity index (χ2n) is 4.46. The summed E-state index contributed by atoms with van der Waals surface area (Å²) in [5.41, 5.74) is 0.652. The first-order valence-electron chi connectivity index (χ1n) is 6.34. The van der Waals surface area contributed by atoms with Crippen molar-refractivity contribution in [1.29, 1.82) is 0 Å². The number of hydrogen-bond donors (Lipinski definition) is 0. The van der Waals surface area contributed by atoms with E-state index in [1.807, 2.05) is 0 Å². The van der Waals surface area contributed by atoms with Crippen molar-refractivity contribution < 1.29 is 4.39 Å². The summed E-state index contributed by atoms with van der Waals surface area (Å²) in [6.45, 7) is 2.20. The van der Waals surface area contributed by atoms with Crippen molar-refractivity contribution in [3.63, 3.8) is 0 Å². The number of rotatable bonds is 7. The van der Waals surface area contributed by atoms with Crippen molar-refractivity contribution in [2.75, 3.05) is 0 Å². The summed E-state index contributed by atoms with van der Waals surface area (Å²) >= 11 is 12.8. The van der Waals surface area contributed by atoms with E-state index in [1.54, 1.807) is 6.07 Å². The lowest BCUT2D eigenvalue weighted by Gasteiger charge is -2.12. The minimum absolute atomic E-state index is 0.0460. The molecular weight excluding hydrogens is 382 g/mol. The standard InChI is InChI=1S/C14H18Br2ClF/c1-2-3-4-5-6-7-11(15)10-8-13(17)12(16)9-14(10)18/h8-9,11H,2-7H2,1H3. The Morgan fingerprint density at radius 2 is 1.89 bits per heavy atom. The van der Waals surface area contributed by atoms with E-state index >= 15 is 0 Å². The number of halogens is 4. The highest BCUT2D eigenvalue weighted by molar-refractivity contribution is 9.10. The highest BCUT2D eigenvalue weighted by atomic mass is 79.9. The van der Waals surface area contributed by atoms with Crippen LogP contribution in [-0.4, -0.2) is 0 Å². The van der Waals surface area contributed by atoms with Gasteiger partial charge >= 0.3 is 0 Å². The van der Waals surface area contributed by atoms with Gasteiger partial charge in [-0.05, 0) is 34.5 Å². The number of hydrogen-bond acceptors (Lipinski definition) is 0. The van der Waals surface area contributed by atoms with Gasteiger partial charge in [0.25, 0.3) is 0 Å². The fourth-order valence-corrected chi connectivity index (χ4v) is 3.02. The molecule has 0 spiro atoms. The number of alkyl halides is 1. The molecule has 1 aromatic rings. The maximum absolute atomic E-state index is 13.8. The van der Waals surface area contributed by atoms with Crippen LogP contribution in [0, 0.1) is 5.82 Å². The van der Waals surface area contributed by atoms with E-state index in [1.165, 1.54) is 31.7 Å². The van der Waals surface area contributed by atoms with E-state index in [9.17, 15) is 4.39 Å². The zero-order valence-corrected chi connectivity index (χ0v) is 14.4. The lowest BCUT2D eigenvalue weighted by atomic mass is 10.0. The third kappa shape index (κ3) is 5.18. The van der Waals surface area contributed by atoms with Crippen molar-refractivity contribution in [1.82, 2.24) is 0 Å². The van der Waals surface area contributed by atoms with Crippen LogP contribution in [0.5, 0.6) is 0 Å². The summed E-state index contributed by atoms with van der Waals surface area (Å²) in [6.07, 6.45) is 7.06. The summed E-state index contributed by atoms with van der Waals surface area (Å²) in [5, 5.41) is 0.557. The van der Waals surface area contributed by atoms with Crippen LogP contribution in [0.1, 0.15) is 55.8 Å². The Kier molecular flexibility index (Phi) is 7.81. The molecule has 0 saturated heterocycles. The van der Waals surface area contributed by atoms with E-state index < -0.39 is 0 Å². The van der Waals surface area contributed by atoms with Gasteiger partial charge in [-0.25, -0.2) is 4.39 Å². The third-order valence-corrected chi connectivity index (χ3v) is 5.09. The molecule has 0 radical (unpaired) electrons. The largest absolute Gasteiger partial charge is 0.207 e. The fourth-order valence-electron chi connectivity index (χ4n) is 1.86. The first-order chi connectivity index (χ1) is 8.56. The zero-order chi connectivity index (χ0) is 13.5.